The largest absolute Gasteiger partial charge is 0.354 e. The molecule has 3 heteroatoms. The Labute approximate surface area is 121 Å². The fraction of sp³-hybridized carbons (Fsp3) is 0. The second-order valence-electron chi connectivity index (χ2n) is 4.67. The maximum absolute atomic E-state index is 4.07. The lowest BCUT2D eigenvalue weighted by molar-refractivity contribution is 1.30. The summed E-state index contributed by atoms with van der Waals surface area (Å²) >= 11 is 1.81. The SMILES string of the molecule is c1ccc2c(c1)Nc1ccc(-c3ccncc3)cc1S2. The van der Waals surface area contributed by atoms with Crippen LogP contribution < -0.4 is 5.32 Å². The molecule has 0 bridgehead atoms. The maximum atomic E-state index is 4.07. The van der Waals surface area contributed by atoms with Crippen molar-refractivity contribution in [2.75, 3.05) is 5.32 Å². The molecule has 4 rings (SSSR count). The topological polar surface area (TPSA) is 24.9 Å². The Balaban J connectivity index is 1.77. The number of aromatic nitrogens is 1. The molecule has 1 aliphatic heterocycles. The standard InChI is InChI=1S/C17H12N2S/c1-2-4-16-14(3-1)19-15-6-5-13(11-17(15)20-16)12-7-9-18-10-8-12/h1-11,19H. The lowest BCUT2D eigenvalue weighted by atomic mass is 10.1. The van der Waals surface area contributed by atoms with Gasteiger partial charge in [0.1, 0.15) is 0 Å². The smallest absolute Gasteiger partial charge is 0.0526 e. The van der Waals surface area contributed by atoms with Crippen LogP contribution in [0.25, 0.3) is 11.1 Å². The number of nitrogens with zero attached hydrogens (tertiary/aromatic N) is 1. The molecule has 1 aromatic heterocycles. The molecule has 96 valence electrons. The van der Waals surface area contributed by atoms with Crippen molar-refractivity contribution in [2.24, 2.45) is 0 Å². The van der Waals surface area contributed by atoms with E-state index < -0.39 is 0 Å². The molecule has 2 heterocycles. The van der Waals surface area contributed by atoms with Gasteiger partial charge in [-0.25, -0.2) is 0 Å². The molecule has 3 aromatic rings. The van der Waals surface area contributed by atoms with Gasteiger partial charge in [0.05, 0.1) is 11.4 Å². The number of hydrogen-bond acceptors (Lipinski definition) is 3. The molecule has 0 amide bonds. The monoisotopic (exact) mass is 276 g/mol. The fourth-order valence-corrected chi connectivity index (χ4v) is 3.38. The highest BCUT2D eigenvalue weighted by Crippen LogP contribution is 2.45. The maximum Gasteiger partial charge on any atom is 0.0526 e. The lowest BCUT2D eigenvalue weighted by Gasteiger charge is -2.21. The second kappa shape index (κ2) is 4.69. The van der Waals surface area contributed by atoms with E-state index in [-0.39, 0.29) is 0 Å². The number of anilines is 2. The Kier molecular flexibility index (Phi) is 2.71. The van der Waals surface area contributed by atoms with Gasteiger partial charge < -0.3 is 5.32 Å². The minimum Gasteiger partial charge on any atom is -0.354 e. The number of pyridine rings is 1. The Hall–Kier alpha value is -2.26. The predicted octanol–water partition coefficient (Wildman–Crippen LogP) is 4.96. The van der Waals surface area contributed by atoms with Gasteiger partial charge in [0.25, 0.3) is 0 Å². The molecule has 0 radical (unpaired) electrons. The van der Waals surface area contributed by atoms with Gasteiger partial charge in [-0.15, -0.1) is 0 Å². The van der Waals surface area contributed by atoms with E-state index in [1.165, 1.54) is 32.3 Å². The highest BCUT2D eigenvalue weighted by atomic mass is 32.2. The van der Waals surface area contributed by atoms with Gasteiger partial charge in [-0.1, -0.05) is 30.0 Å². The first kappa shape index (κ1) is 11.6. The van der Waals surface area contributed by atoms with Gasteiger partial charge in [-0.05, 0) is 47.5 Å². The summed E-state index contributed by atoms with van der Waals surface area (Å²) in [6.07, 6.45) is 3.66. The van der Waals surface area contributed by atoms with Crippen LogP contribution in [0, 0.1) is 0 Å². The Morgan fingerprint density at radius 1 is 0.750 bits per heavy atom. The molecule has 0 aliphatic carbocycles. The molecular weight excluding hydrogens is 264 g/mol. The zero-order valence-electron chi connectivity index (χ0n) is 10.7. The van der Waals surface area contributed by atoms with Crippen LogP contribution in [0.2, 0.25) is 0 Å². The van der Waals surface area contributed by atoms with Crippen molar-refractivity contribution in [1.29, 1.82) is 0 Å². The minimum absolute atomic E-state index is 1.17. The van der Waals surface area contributed by atoms with Gasteiger partial charge in [0.15, 0.2) is 0 Å². The summed E-state index contributed by atoms with van der Waals surface area (Å²) in [6, 6.07) is 19.0. The van der Waals surface area contributed by atoms with Crippen LogP contribution in [0.3, 0.4) is 0 Å². The number of para-hydroxylation sites is 1. The third kappa shape index (κ3) is 1.96. The predicted molar refractivity (Wildman–Crippen MR) is 83.5 cm³/mol. The van der Waals surface area contributed by atoms with Crippen molar-refractivity contribution in [3.05, 3.63) is 67.0 Å². The number of hydrogen-bond donors (Lipinski definition) is 1. The van der Waals surface area contributed by atoms with E-state index in [0.29, 0.717) is 0 Å². The van der Waals surface area contributed by atoms with E-state index in [1.807, 2.05) is 36.3 Å². The summed E-state index contributed by atoms with van der Waals surface area (Å²) in [5.41, 5.74) is 4.77. The molecule has 0 saturated carbocycles. The molecule has 0 unspecified atom stereocenters. The summed E-state index contributed by atoms with van der Waals surface area (Å²) in [4.78, 5) is 6.60. The van der Waals surface area contributed by atoms with Crippen molar-refractivity contribution in [3.63, 3.8) is 0 Å². The average molecular weight is 276 g/mol. The van der Waals surface area contributed by atoms with Crippen LogP contribution in [-0.4, -0.2) is 4.98 Å². The van der Waals surface area contributed by atoms with Gasteiger partial charge >= 0.3 is 0 Å². The lowest BCUT2D eigenvalue weighted by Crippen LogP contribution is -1.99. The van der Waals surface area contributed by atoms with Crippen molar-refractivity contribution in [2.45, 2.75) is 9.79 Å². The first-order valence-corrected chi connectivity index (χ1v) is 7.30. The van der Waals surface area contributed by atoms with E-state index in [1.54, 1.807) is 0 Å². The Morgan fingerprint density at radius 3 is 2.45 bits per heavy atom. The van der Waals surface area contributed by atoms with Crippen LogP contribution >= 0.6 is 11.8 Å². The first-order valence-electron chi connectivity index (χ1n) is 6.48. The molecule has 0 spiro atoms. The molecule has 2 aromatic carbocycles. The van der Waals surface area contributed by atoms with Crippen molar-refractivity contribution in [1.82, 2.24) is 4.98 Å². The number of benzene rings is 2. The summed E-state index contributed by atoms with van der Waals surface area (Å²) in [7, 11) is 0. The molecular formula is C17H12N2S. The van der Waals surface area contributed by atoms with Crippen LogP contribution in [0.4, 0.5) is 11.4 Å². The van der Waals surface area contributed by atoms with E-state index in [0.717, 1.165) is 0 Å². The molecule has 0 fully saturated rings. The average Bonchev–Trinajstić information content (AvgIpc) is 2.53. The normalized spacial score (nSPS) is 12.2. The van der Waals surface area contributed by atoms with Crippen molar-refractivity contribution >= 4 is 23.1 Å². The quantitative estimate of drug-likeness (QED) is 0.532. The van der Waals surface area contributed by atoms with Crippen molar-refractivity contribution < 1.29 is 0 Å². The van der Waals surface area contributed by atoms with Gasteiger partial charge in [0.2, 0.25) is 0 Å². The van der Waals surface area contributed by atoms with Gasteiger partial charge in [-0.3, -0.25) is 4.98 Å². The van der Waals surface area contributed by atoms with Crippen LogP contribution in [0.1, 0.15) is 0 Å². The van der Waals surface area contributed by atoms with Gasteiger partial charge in [-0.2, -0.15) is 0 Å². The van der Waals surface area contributed by atoms with Crippen LogP contribution in [0.15, 0.2) is 76.8 Å². The Bertz CT molecular complexity index is 769. The Morgan fingerprint density at radius 2 is 1.55 bits per heavy atom. The summed E-state index contributed by atoms with van der Waals surface area (Å²) in [6.45, 7) is 0. The molecule has 20 heavy (non-hydrogen) atoms. The molecule has 0 saturated heterocycles. The highest BCUT2D eigenvalue weighted by molar-refractivity contribution is 7.99. The minimum atomic E-state index is 1.17. The molecule has 2 nitrogen and oxygen atoms in total. The van der Waals surface area contributed by atoms with Crippen LogP contribution in [-0.2, 0) is 0 Å². The first-order chi connectivity index (χ1) is 9.90. The van der Waals surface area contributed by atoms with E-state index in [2.05, 4.69) is 52.8 Å². The van der Waals surface area contributed by atoms with E-state index >= 15 is 0 Å². The second-order valence-corrected chi connectivity index (χ2v) is 5.75. The van der Waals surface area contributed by atoms with Gasteiger partial charge in [0, 0.05) is 22.2 Å². The number of rotatable bonds is 1. The zero-order valence-corrected chi connectivity index (χ0v) is 11.5. The summed E-state index contributed by atoms with van der Waals surface area (Å²) in [5, 5.41) is 3.49. The molecule has 1 aliphatic rings. The summed E-state index contributed by atoms with van der Waals surface area (Å²) in [5.74, 6) is 0. The van der Waals surface area contributed by atoms with Crippen LogP contribution in [0.5, 0.6) is 0 Å². The third-order valence-electron chi connectivity index (χ3n) is 3.37. The number of nitrogens with one attached hydrogen (secondary N) is 1. The third-order valence-corrected chi connectivity index (χ3v) is 4.51. The zero-order chi connectivity index (χ0) is 13.4. The summed E-state index contributed by atoms with van der Waals surface area (Å²) < 4.78 is 0. The van der Waals surface area contributed by atoms with Crippen molar-refractivity contribution in [3.8, 4) is 11.1 Å². The van der Waals surface area contributed by atoms with E-state index in [9.17, 15) is 0 Å². The molecule has 0 atom stereocenters. The van der Waals surface area contributed by atoms with E-state index in [4.69, 9.17) is 0 Å². The fourth-order valence-electron chi connectivity index (χ4n) is 2.36. The molecule has 1 N–H and O–H groups in total. The highest BCUT2D eigenvalue weighted by Gasteiger charge is 2.15. The number of fused-ring (bicyclic) bond motifs is 2.